The lowest BCUT2D eigenvalue weighted by molar-refractivity contribution is -0.136. The fraction of sp³-hybridized carbons (Fsp3) is 0.500. The van der Waals surface area contributed by atoms with Gasteiger partial charge in [0.2, 0.25) is 5.76 Å². The molecular formula is C6H10O6. The third kappa shape index (κ3) is 3.22. The molecular weight excluding hydrogens is 168 g/mol. The van der Waals surface area contributed by atoms with E-state index in [0.717, 1.165) is 0 Å². The lowest BCUT2D eigenvalue weighted by atomic mass is 10.2. The van der Waals surface area contributed by atoms with Crippen LogP contribution >= 0.6 is 0 Å². The Bertz CT molecular complexity index is 196. The molecule has 6 heteroatoms. The van der Waals surface area contributed by atoms with Crippen molar-refractivity contribution >= 4 is 5.97 Å². The van der Waals surface area contributed by atoms with Crippen LogP contribution in [0.1, 0.15) is 6.42 Å². The van der Waals surface area contributed by atoms with E-state index in [9.17, 15) is 4.79 Å². The summed E-state index contributed by atoms with van der Waals surface area (Å²) in [5.41, 5.74) is 0. The molecule has 6 nitrogen and oxygen atoms in total. The van der Waals surface area contributed by atoms with Crippen molar-refractivity contribution in [3.8, 4) is 0 Å². The van der Waals surface area contributed by atoms with Crippen LogP contribution in [0.4, 0.5) is 0 Å². The van der Waals surface area contributed by atoms with Crippen LogP contribution in [0.25, 0.3) is 0 Å². The first-order chi connectivity index (χ1) is 5.49. The predicted molar refractivity (Wildman–Crippen MR) is 37.6 cm³/mol. The van der Waals surface area contributed by atoms with Gasteiger partial charge in [-0.15, -0.1) is 0 Å². The van der Waals surface area contributed by atoms with Crippen LogP contribution in [0, 0.1) is 0 Å². The summed E-state index contributed by atoms with van der Waals surface area (Å²) in [6.07, 6.45) is -1.76. The van der Waals surface area contributed by atoms with Crippen molar-refractivity contribution in [2.75, 3.05) is 6.61 Å². The predicted octanol–water partition coefficient (Wildman–Crippen LogP) is -0.858. The highest BCUT2D eigenvalue weighted by Crippen LogP contribution is 2.05. The van der Waals surface area contributed by atoms with E-state index in [0.29, 0.717) is 0 Å². The van der Waals surface area contributed by atoms with Crippen molar-refractivity contribution in [1.29, 1.82) is 0 Å². The number of rotatable bonds is 4. The smallest absolute Gasteiger partial charge is 0.374 e. The first kappa shape index (κ1) is 10.7. The second kappa shape index (κ2) is 4.58. The second-order valence-electron chi connectivity index (χ2n) is 2.14. The summed E-state index contributed by atoms with van der Waals surface area (Å²) in [4.78, 5) is 10.00. The van der Waals surface area contributed by atoms with Crippen LogP contribution in [0.2, 0.25) is 0 Å². The van der Waals surface area contributed by atoms with E-state index in [2.05, 4.69) is 0 Å². The highest BCUT2D eigenvalue weighted by molar-refractivity contribution is 5.84. The minimum absolute atomic E-state index is 0.491. The van der Waals surface area contributed by atoms with Gasteiger partial charge in [0.1, 0.15) is 5.76 Å². The van der Waals surface area contributed by atoms with Crippen molar-refractivity contribution in [3.05, 3.63) is 11.5 Å². The number of hydrogen-bond acceptors (Lipinski definition) is 5. The number of carbonyl (C=O) groups is 1. The van der Waals surface area contributed by atoms with Crippen molar-refractivity contribution in [1.82, 2.24) is 0 Å². The summed E-state index contributed by atoms with van der Waals surface area (Å²) in [6, 6.07) is 0. The highest BCUT2D eigenvalue weighted by Gasteiger charge is 2.14. The lowest BCUT2D eigenvalue weighted by Gasteiger charge is -2.05. The zero-order chi connectivity index (χ0) is 9.72. The molecule has 0 amide bonds. The number of aliphatic hydroxyl groups is 4. The Morgan fingerprint density at radius 1 is 1.25 bits per heavy atom. The van der Waals surface area contributed by atoms with Crippen LogP contribution in [-0.4, -0.2) is 44.2 Å². The van der Waals surface area contributed by atoms with Gasteiger partial charge < -0.3 is 25.5 Å². The van der Waals surface area contributed by atoms with Crippen LogP contribution in [0.3, 0.4) is 0 Å². The lowest BCUT2D eigenvalue weighted by Crippen LogP contribution is -2.15. The molecule has 1 atom stereocenters. The van der Waals surface area contributed by atoms with Crippen LogP contribution in [0.15, 0.2) is 11.5 Å². The molecule has 0 saturated heterocycles. The molecule has 0 spiro atoms. The summed E-state index contributed by atoms with van der Waals surface area (Å²) >= 11 is 0. The molecule has 70 valence electrons. The number of carboxylic acid groups (broad SMARTS) is 1. The van der Waals surface area contributed by atoms with Crippen molar-refractivity contribution < 1.29 is 30.3 Å². The molecule has 12 heavy (non-hydrogen) atoms. The van der Waals surface area contributed by atoms with Gasteiger partial charge in [-0.3, -0.25) is 0 Å². The van der Waals surface area contributed by atoms with E-state index >= 15 is 0 Å². The molecule has 0 aliphatic carbocycles. The first-order valence-electron chi connectivity index (χ1n) is 3.12. The zero-order valence-corrected chi connectivity index (χ0v) is 6.14. The summed E-state index contributed by atoms with van der Waals surface area (Å²) < 4.78 is 0. The fourth-order valence-corrected chi connectivity index (χ4v) is 0.508. The van der Waals surface area contributed by atoms with Crippen molar-refractivity contribution in [2.45, 2.75) is 12.5 Å². The van der Waals surface area contributed by atoms with Crippen molar-refractivity contribution in [2.24, 2.45) is 0 Å². The second-order valence-corrected chi connectivity index (χ2v) is 2.14. The first-order valence-corrected chi connectivity index (χ1v) is 3.12. The Labute approximate surface area is 68.0 Å². The maximum Gasteiger partial charge on any atom is 0.374 e. The van der Waals surface area contributed by atoms with Gasteiger partial charge in [-0.25, -0.2) is 4.79 Å². The van der Waals surface area contributed by atoms with Gasteiger partial charge in [0, 0.05) is 6.42 Å². The Kier molecular flexibility index (Phi) is 4.09. The van der Waals surface area contributed by atoms with E-state index < -0.39 is 36.6 Å². The molecule has 0 rings (SSSR count). The number of aliphatic carboxylic acids is 1. The molecule has 1 unspecified atom stereocenters. The molecule has 5 N–H and O–H groups in total. The summed E-state index contributed by atoms with van der Waals surface area (Å²) in [6.45, 7) is -0.614. The quantitative estimate of drug-likeness (QED) is 0.282. The Morgan fingerprint density at radius 2 is 1.75 bits per heavy atom. The van der Waals surface area contributed by atoms with E-state index in [1.807, 2.05) is 0 Å². The Hall–Kier alpha value is -1.27. The molecule has 0 heterocycles. The van der Waals surface area contributed by atoms with Gasteiger partial charge in [0.05, 0.1) is 12.7 Å². The highest BCUT2D eigenvalue weighted by atomic mass is 16.4. The molecule has 0 saturated carbocycles. The van der Waals surface area contributed by atoms with Crippen molar-refractivity contribution in [3.63, 3.8) is 0 Å². The fourth-order valence-electron chi connectivity index (χ4n) is 0.508. The SMILES string of the molecule is O=C(O)C(O)=C(O)CC(O)CO. The molecule has 0 bridgehead atoms. The molecule has 0 aromatic heterocycles. The van der Waals surface area contributed by atoms with Gasteiger partial charge >= 0.3 is 5.97 Å². The van der Waals surface area contributed by atoms with Gasteiger partial charge in [-0.05, 0) is 0 Å². The van der Waals surface area contributed by atoms with Gasteiger partial charge in [-0.2, -0.15) is 0 Å². The molecule has 0 aliphatic heterocycles. The topological polar surface area (TPSA) is 118 Å². The van der Waals surface area contributed by atoms with E-state index in [1.165, 1.54) is 0 Å². The van der Waals surface area contributed by atoms with Gasteiger partial charge in [-0.1, -0.05) is 0 Å². The molecule has 0 aromatic rings. The zero-order valence-electron chi connectivity index (χ0n) is 6.14. The number of hydrogen-bond donors (Lipinski definition) is 5. The number of aliphatic hydroxyl groups excluding tert-OH is 4. The third-order valence-electron chi connectivity index (χ3n) is 1.12. The maximum absolute atomic E-state index is 10.00. The van der Waals surface area contributed by atoms with Crippen LogP contribution in [0.5, 0.6) is 0 Å². The number of carboxylic acids is 1. The Morgan fingerprint density at radius 3 is 2.08 bits per heavy atom. The minimum Gasteiger partial charge on any atom is -0.508 e. The summed E-state index contributed by atoms with van der Waals surface area (Å²) in [5, 5.41) is 42.5. The monoisotopic (exact) mass is 178 g/mol. The molecule has 0 fully saturated rings. The average Bonchev–Trinajstić information content (AvgIpc) is 2.02. The van der Waals surface area contributed by atoms with Gasteiger partial charge in [0.25, 0.3) is 0 Å². The maximum atomic E-state index is 10.00. The normalized spacial score (nSPS) is 15.2. The standard InChI is InChI=1S/C6H10O6/c7-2-3(8)1-4(9)5(10)6(11)12/h3,7-10H,1-2H2,(H,11,12). The Balaban J connectivity index is 4.26. The van der Waals surface area contributed by atoms with E-state index in [1.54, 1.807) is 0 Å². The molecule has 0 aromatic carbocycles. The largest absolute Gasteiger partial charge is 0.508 e. The third-order valence-corrected chi connectivity index (χ3v) is 1.12. The summed E-state index contributed by atoms with van der Waals surface area (Å²) in [7, 11) is 0. The van der Waals surface area contributed by atoms with Crippen LogP contribution in [-0.2, 0) is 4.79 Å². The van der Waals surface area contributed by atoms with E-state index in [-0.39, 0.29) is 0 Å². The molecule has 0 aliphatic rings. The van der Waals surface area contributed by atoms with Crippen LogP contribution < -0.4 is 0 Å². The molecule has 0 radical (unpaired) electrons. The average molecular weight is 178 g/mol. The van der Waals surface area contributed by atoms with Gasteiger partial charge in [0.15, 0.2) is 0 Å². The van der Waals surface area contributed by atoms with E-state index in [4.69, 9.17) is 25.5 Å². The minimum atomic E-state index is -1.68. The summed E-state index contributed by atoms with van der Waals surface area (Å²) in [5.74, 6) is -3.76.